The van der Waals surface area contributed by atoms with Crippen molar-refractivity contribution >= 4 is 28.4 Å². The van der Waals surface area contributed by atoms with Crippen LogP contribution in [0.5, 0.6) is 0 Å². The normalized spacial score (nSPS) is 19.1. The number of rotatable bonds is 4. The van der Waals surface area contributed by atoms with E-state index in [1.807, 2.05) is 45.0 Å². The number of ether oxygens (including phenoxy) is 1. The number of hydrogen-bond donors (Lipinski definition) is 2. The Morgan fingerprint density at radius 2 is 1.94 bits per heavy atom. The van der Waals surface area contributed by atoms with Crippen molar-refractivity contribution in [3.63, 3.8) is 0 Å². The molecule has 3 aromatic rings. The number of benzene rings is 1. The van der Waals surface area contributed by atoms with Crippen LogP contribution in [0, 0.1) is 5.92 Å². The molecular weight excluding hydrogens is 436 g/mol. The van der Waals surface area contributed by atoms with Gasteiger partial charge < -0.3 is 15.8 Å². The van der Waals surface area contributed by atoms with E-state index in [4.69, 9.17) is 15.5 Å². The summed E-state index contributed by atoms with van der Waals surface area (Å²) in [5.41, 5.74) is 10.3. The van der Waals surface area contributed by atoms with Gasteiger partial charge in [-0.15, -0.1) is 0 Å². The number of aromatic nitrogens is 2. The van der Waals surface area contributed by atoms with Crippen LogP contribution >= 0.6 is 0 Å². The highest BCUT2D eigenvalue weighted by Crippen LogP contribution is 2.44. The number of nitrogens with one attached hydrogen (secondary N) is 1. The first kappa shape index (κ1) is 23.1. The maximum Gasteiger partial charge on any atom is 0.408 e. The zero-order valence-corrected chi connectivity index (χ0v) is 20.5. The number of allylic oxidation sites excluding steroid dienone is 3. The van der Waals surface area contributed by atoms with E-state index in [1.54, 1.807) is 6.20 Å². The Balaban J connectivity index is 1.46. The Labute approximate surface area is 206 Å². The molecule has 0 spiro atoms. The van der Waals surface area contributed by atoms with Gasteiger partial charge in [0.1, 0.15) is 11.4 Å². The molecule has 2 aromatic heterocycles. The molecule has 3 N–H and O–H groups in total. The third-order valence-electron chi connectivity index (χ3n) is 6.94. The zero-order chi connectivity index (χ0) is 24.6. The Bertz CT molecular complexity index is 1320. The Morgan fingerprint density at radius 3 is 2.57 bits per heavy atom. The summed E-state index contributed by atoms with van der Waals surface area (Å²) in [6.07, 6.45) is 11.8. The molecule has 1 unspecified atom stereocenters. The van der Waals surface area contributed by atoms with E-state index in [0.717, 1.165) is 59.0 Å². The number of nitrogens with two attached hydrogens (primary N) is 1. The van der Waals surface area contributed by atoms with Gasteiger partial charge in [-0.2, -0.15) is 0 Å². The second-order valence-corrected chi connectivity index (χ2v) is 10.5. The quantitative estimate of drug-likeness (QED) is 0.470. The van der Waals surface area contributed by atoms with E-state index < -0.39 is 5.60 Å². The van der Waals surface area contributed by atoms with Gasteiger partial charge in [0.25, 0.3) is 0 Å². The third-order valence-corrected chi connectivity index (χ3v) is 6.94. The molecule has 2 aliphatic rings. The molecule has 1 saturated carbocycles. The second-order valence-electron chi connectivity index (χ2n) is 10.5. The van der Waals surface area contributed by atoms with Gasteiger partial charge in [0.2, 0.25) is 0 Å². The highest BCUT2D eigenvalue weighted by atomic mass is 16.6. The summed E-state index contributed by atoms with van der Waals surface area (Å²) in [4.78, 5) is 21.8. The number of carbonyl (C=O) groups excluding carboxylic acids is 1. The average Bonchev–Trinajstić information content (AvgIpc) is 2.81. The topological polar surface area (TPSA) is 90.1 Å². The van der Waals surface area contributed by atoms with E-state index in [-0.39, 0.29) is 17.6 Å². The van der Waals surface area contributed by atoms with Crippen molar-refractivity contribution in [3.05, 3.63) is 72.6 Å². The summed E-state index contributed by atoms with van der Waals surface area (Å²) in [7, 11) is 0. The van der Waals surface area contributed by atoms with Crippen LogP contribution in [-0.4, -0.2) is 27.2 Å². The number of anilines is 1. The van der Waals surface area contributed by atoms with E-state index >= 15 is 0 Å². The minimum atomic E-state index is -0.515. The molecule has 0 radical (unpaired) electrons. The van der Waals surface area contributed by atoms with Crippen molar-refractivity contribution in [1.29, 1.82) is 0 Å². The first-order valence-electron chi connectivity index (χ1n) is 12.2. The lowest BCUT2D eigenvalue weighted by Crippen LogP contribution is -2.58. The van der Waals surface area contributed by atoms with Crippen molar-refractivity contribution in [2.45, 2.75) is 57.6 Å². The molecule has 0 saturated heterocycles. The fourth-order valence-corrected chi connectivity index (χ4v) is 5.03. The van der Waals surface area contributed by atoms with Crippen molar-refractivity contribution < 1.29 is 9.53 Å². The zero-order valence-electron chi connectivity index (χ0n) is 20.5. The van der Waals surface area contributed by atoms with Gasteiger partial charge in [-0.05, 0) is 69.7 Å². The van der Waals surface area contributed by atoms with Crippen LogP contribution in [0.25, 0.3) is 27.6 Å². The van der Waals surface area contributed by atoms with Crippen LogP contribution < -0.4 is 11.1 Å². The van der Waals surface area contributed by atoms with Crippen molar-refractivity contribution in [1.82, 2.24) is 15.3 Å². The fourth-order valence-electron chi connectivity index (χ4n) is 5.03. The Kier molecular flexibility index (Phi) is 5.83. The van der Waals surface area contributed by atoms with Crippen LogP contribution in [0.2, 0.25) is 0 Å². The number of carbonyl (C=O) groups is 1. The molecule has 2 aliphatic carbocycles. The molecule has 6 nitrogen and oxygen atoms in total. The lowest BCUT2D eigenvalue weighted by molar-refractivity contribution is 0.0315. The van der Waals surface area contributed by atoms with E-state index in [2.05, 4.69) is 46.7 Å². The molecule has 1 aromatic carbocycles. The summed E-state index contributed by atoms with van der Waals surface area (Å²) in [5.74, 6) is 0.695. The largest absolute Gasteiger partial charge is 0.444 e. The summed E-state index contributed by atoms with van der Waals surface area (Å²) in [5, 5.41) is 4.05. The number of alkyl carbamates (subject to hydrolysis) is 1. The Hall–Kier alpha value is -3.67. The fraction of sp³-hybridized carbons (Fsp3) is 0.345. The van der Waals surface area contributed by atoms with Crippen LogP contribution in [0.3, 0.4) is 0 Å². The number of amides is 1. The van der Waals surface area contributed by atoms with Crippen LogP contribution in [-0.2, 0) is 4.74 Å². The molecular formula is C29H32N4O2. The smallest absolute Gasteiger partial charge is 0.408 e. The molecule has 5 rings (SSSR count). The lowest BCUT2D eigenvalue weighted by Gasteiger charge is -2.47. The predicted octanol–water partition coefficient (Wildman–Crippen LogP) is 6.29. The summed E-state index contributed by atoms with van der Waals surface area (Å²) >= 11 is 0. The molecule has 1 fully saturated rings. The van der Waals surface area contributed by atoms with E-state index in [9.17, 15) is 4.79 Å². The van der Waals surface area contributed by atoms with Gasteiger partial charge in [0.05, 0.1) is 11.2 Å². The van der Waals surface area contributed by atoms with Crippen LogP contribution in [0.15, 0.2) is 66.9 Å². The van der Waals surface area contributed by atoms with Gasteiger partial charge >= 0.3 is 6.09 Å². The molecule has 0 aliphatic heterocycles. The number of hydrogen-bond acceptors (Lipinski definition) is 5. The molecule has 35 heavy (non-hydrogen) atoms. The van der Waals surface area contributed by atoms with E-state index in [0.29, 0.717) is 5.82 Å². The van der Waals surface area contributed by atoms with Gasteiger partial charge in [-0.1, -0.05) is 48.6 Å². The molecule has 1 amide bonds. The second kappa shape index (κ2) is 8.84. The third kappa shape index (κ3) is 4.65. The lowest BCUT2D eigenvalue weighted by atomic mass is 9.65. The maximum absolute atomic E-state index is 12.6. The minimum absolute atomic E-state index is 0.216. The van der Waals surface area contributed by atoms with Gasteiger partial charge in [-0.25, -0.2) is 14.8 Å². The average molecular weight is 469 g/mol. The van der Waals surface area contributed by atoms with E-state index in [1.165, 1.54) is 0 Å². The first-order valence-corrected chi connectivity index (χ1v) is 12.2. The number of nitrogen functional groups attached to an aromatic ring is 1. The Morgan fingerprint density at radius 1 is 1.17 bits per heavy atom. The van der Waals surface area contributed by atoms with Crippen molar-refractivity contribution in [2.24, 2.45) is 5.92 Å². The molecule has 0 bridgehead atoms. The summed E-state index contributed by atoms with van der Waals surface area (Å²) in [6.45, 7) is 5.67. The molecule has 180 valence electrons. The summed E-state index contributed by atoms with van der Waals surface area (Å²) < 4.78 is 5.55. The number of pyridine rings is 2. The first-order chi connectivity index (χ1) is 16.7. The molecule has 6 heteroatoms. The van der Waals surface area contributed by atoms with Crippen LogP contribution in [0.1, 0.15) is 52.1 Å². The highest BCUT2D eigenvalue weighted by Gasteiger charge is 2.45. The molecule has 2 heterocycles. The summed E-state index contributed by atoms with van der Waals surface area (Å²) in [6, 6.07) is 14.2. The van der Waals surface area contributed by atoms with Crippen molar-refractivity contribution in [2.75, 3.05) is 5.73 Å². The predicted molar refractivity (Wildman–Crippen MR) is 141 cm³/mol. The SMILES string of the molecule is CC(C)(C)OC(=O)NC1(C2C=CC(c3nc4ccnc(N)c4cc3-c3ccccc3)=CC2)CCC1. The highest BCUT2D eigenvalue weighted by molar-refractivity contribution is 5.96. The van der Waals surface area contributed by atoms with Crippen LogP contribution in [0.4, 0.5) is 10.6 Å². The van der Waals surface area contributed by atoms with Gasteiger partial charge in [0.15, 0.2) is 0 Å². The molecule has 1 atom stereocenters. The number of nitrogens with zero attached hydrogens (tertiary/aromatic N) is 2. The maximum atomic E-state index is 12.6. The van der Waals surface area contributed by atoms with Crippen molar-refractivity contribution in [3.8, 4) is 11.1 Å². The standard InChI is InChI=1S/C29H32N4O2/c1-28(2,3)35-27(34)33-29(15-7-16-29)21-12-10-20(11-13-21)25-22(19-8-5-4-6-9-19)18-23-24(32-25)14-17-31-26(23)30/h4-6,8-12,14,17-18,21H,7,13,15-16H2,1-3H3,(H2,30,31)(H,33,34). The minimum Gasteiger partial charge on any atom is -0.444 e. The number of fused-ring (bicyclic) bond motifs is 1. The monoisotopic (exact) mass is 468 g/mol. The van der Waals surface area contributed by atoms with Gasteiger partial charge in [-0.3, -0.25) is 0 Å². The van der Waals surface area contributed by atoms with Gasteiger partial charge in [0, 0.05) is 28.6 Å².